The lowest BCUT2D eigenvalue weighted by Crippen LogP contribution is -2.40. The van der Waals surface area contributed by atoms with E-state index in [1.165, 1.54) is 6.92 Å². The third-order valence-electron chi connectivity index (χ3n) is 3.79. The lowest BCUT2D eigenvalue weighted by molar-refractivity contribution is -0.395. The van der Waals surface area contributed by atoms with E-state index >= 15 is 0 Å². The summed E-state index contributed by atoms with van der Waals surface area (Å²) in [6.07, 6.45) is 0.760. The van der Waals surface area contributed by atoms with Crippen molar-refractivity contribution < 1.29 is 24.5 Å². The predicted octanol–water partition coefficient (Wildman–Crippen LogP) is 1.50. The Morgan fingerprint density at radius 1 is 1.22 bits per heavy atom. The zero-order chi connectivity index (χ0) is 17.3. The summed E-state index contributed by atoms with van der Waals surface area (Å²) in [7, 11) is 0. The van der Waals surface area contributed by atoms with Crippen LogP contribution < -0.4 is 0 Å². The molecule has 1 amide bonds. The Morgan fingerprint density at radius 3 is 2.17 bits per heavy atom. The van der Waals surface area contributed by atoms with Gasteiger partial charge in [-0.05, 0) is 19.8 Å². The molecule has 0 radical (unpaired) electrons. The van der Waals surface area contributed by atoms with E-state index in [9.17, 15) is 29.8 Å². The van der Waals surface area contributed by atoms with Gasteiger partial charge in [-0.15, -0.1) is 0 Å². The Balaban J connectivity index is 2.50. The molecule has 122 valence electrons. The van der Waals surface area contributed by atoms with Crippen molar-refractivity contribution in [3.8, 4) is 0 Å². The van der Waals surface area contributed by atoms with E-state index in [0.29, 0.717) is 6.42 Å². The molecule has 1 N–H and O–H groups in total. The molecule has 0 spiro atoms. The second-order valence-electron chi connectivity index (χ2n) is 5.15. The molecule has 10 heteroatoms. The van der Waals surface area contributed by atoms with E-state index in [2.05, 4.69) is 0 Å². The van der Waals surface area contributed by atoms with Crippen LogP contribution in [0.5, 0.6) is 0 Å². The third-order valence-corrected chi connectivity index (χ3v) is 3.79. The van der Waals surface area contributed by atoms with Gasteiger partial charge in [0.1, 0.15) is 11.6 Å². The number of nitrogens with zero attached hydrogens (tertiary/aromatic N) is 3. The van der Waals surface area contributed by atoms with E-state index in [1.54, 1.807) is 0 Å². The first-order valence-electron chi connectivity index (χ1n) is 6.71. The lowest BCUT2D eigenvalue weighted by Gasteiger charge is -2.21. The summed E-state index contributed by atoms with van der Waals surface area (Å²) in [6.45, 7) is 1.41. The molecule has 1 unspecified atom stereocenters. The highest BCUT2D eigenvalue weighted by atomic mass is 16.6. The Morgan fingerprint density at radius 2 is 1.74 bits per heavy atom. The van der Waals surface area contributed by atoms with Crippen LogP contribution in [-0.2, 0) is 4.79 Å². The van der Waals surface area contributed by atoms with Gasteiger partial charge in [0, 0.05) is 18.7 Å². The second kappa shape index (κ2) is 5.99. The van der Waals surface area contributed by atoms with Crippen molar-refractivity contribution in [2.75, 3.05) is 6.54 Å². The molecule has 1 fully saturated rings. The maximum atomic E-state index is 12.4. The van der Waals surface area contributed by atoms with Gasteiger partial charge in [0.25, 0.3) is 17.3 Å². The monoisotopic (exact) mass is 323 g/mol. The number of hydrogen-bond acceptors (Lipinski definition) is 6. The first-order valence-corrected chi connectivity index (χ1v) is 6.71. The Labute approximate surface area is 129 Å². The minimum Gasteiger partial charge on any atom is -0.480 e. The highest BCUT2D eigenvalue weighted by molar-refractivity contribution is 5.98. The van der Waals surface area contributed by atoms with Gasteiger partial charge >= 0.3 is 5.97 Å². The van der Waals surface area contributed by atoms with E-state index in [-0.39, 0.29) is 24.1 Å². The number of nitro groups is 2. The molecule has 0 saturated carbocycles. The number of carbonyl (C=O) groups is 2. The number of carbonyl (C=O) groups excluding carboxylic acids is 1. The number of carboxylic acid groups (broad SMARTS) is 1. The summed E-state index contributed by atoms with van der Waals surface area (Å²) in [6, 6.07) is 0.867. The lowest BCUT2D eigenvalue weighted by atomic mass is 10.1. The van der Waals surface area contributed by atoms with Crippen molar-refractivity contribution in [1.82, 2.24) is 4.90 Å². The van der Waals surface area contributed by atoms with Gasteiger partial charge in [0.15, 0.2) is 0 Å². The molecule has 1 aromatic carbocycles. The maximum Gasteiger partial charge on any atom is 0.326 e. The Hall–Kier alpha value is -3.04. The van der Waals surface area contributed by atoms with Crippen LogP contribution in [0.4, 0.5) is 11.4 Å². The Kier molecular flexibility index (Phi) is 4.25. The fourth-order valence-corrected chi connectivity index (χ4v) is 2.62. The van der Waals surface area contributed by atoms with Crippen LogP contribution in [0.1, 0.15) is 28.8 Å². The number of aliphatic carboxylic acids is 1. The molecule has 2 rings (SSSR count). The highest BCUT2D eigenvalue weighted by Gasteiger charge is 2.36. The number of amides is 1. The number of benzene rings is 1. The first-order chi connectivity index (χ1) is 10.7. The van der Waals surface area contributed by atoms with Crippen molar-refractivity contribution in [3.63, 3.8) is 0 Å². The van der Waals surface area contributed by atoms with Crippen molar-refractivity contribution in [2.24, 2.45) is 0 Å². The third kappa shape index (κ3) is 2.96. The van der Waals surface area contributed by atoms with Gasteiger partial charge in [-0.2, -0.15) is 0 Å². The number of likely N-dealkylation sites (tertiary alicyclic amines) is 1. The molecule has 10 nitrogen and oxygen atoms in total. The topological polar surface area (TPSA) is 144 Å². The molecule has 1 aromatic rings. The minimum absolute atomic E-state index is 0.159. The van der Waals surface area contributed by atoms with E-state index in [4.69, 9.17) is 5.11 Å². The van der Waals surface area contributed by atoms with Gasteiger partial charge in [0.05, 0.1) is 15.4 Å². The summed E-state index contributed by atoms with van der Waals surface area (Å²) in [5, 5.41) is 31.2. The van der Waals surface area contributed by atoms with Crippen molar-refractivity contribution in [3.05, 3.63) is 43.5 Å². The van der Waals surface area contributed by atoms with E-state index < -0.39 is 39.1 Å². The minimum atomic E-state index is -1.17. The highest BCUT2D eigenvalue weighted by Crippen LogP contribution is 2.31. The van der Waals surface area contributed by atoms with Gasteiger partial charge in [-0.3, -0.25) is 25.0 Å². The van der Waals surface area contributed by atoms with Gasteiger partial charge in [-0.25, -0.2) is 4.79 Å². The summed E-state index contributed by atoms with van der Waals surface area (Å²) in [5.41, 5.74) is -1.52. The SMILES string of the molecule is Cc1c([N+](=O)[O-])cc(C(=O)N2CCCC2C(=O)O)cc1[N+](=O)[O-]. The van der Waals surface area contributed by atoms with E-state index in [0.717, 1.165) is 17.0 Å². The van der Waals surface area contributed by atoms with Crippen LogP contribution in [-0.4, -0.2) is 44.3 Å². The van der Waals surface area contributed by atoms with E-state index in [1.807, 2.05) is 0 Å². The number of carboxylic acids is 1. The largest absolute Gasteiger partial charge is 0.480 e. The molecular weight excluding hydrogens is 310 g/mol. The zero-order valence-corrected chi connectivity index (χ0v) is 12.1. The van der Waals surface area contributed by atoms with Crippen LogP contribution in [0.3, 0.4) is 0 Å². The van der Waals surface area contributed by atoms with Gasteiger partial charge in [0.2, 0.25) is 0 Å². The smallest absolute Gasteiger partial charge is 0.326 e. The van der Waals surface area contributed by atoms with Crippen LogP contribution in [0.25, 0.3) is 0 Å². The molecule has 23 heavy (non-hydrogen) atoms. The molecule has 1 aliphatic rings. The van der Waals surface area contributed by atoms with Gasteiger partial charge in [-0.1, -0.05) is 0 Å². The average molecular weight is 323 g/mol. The number of rotatable bonds is 4. The average Bonchev–Trinajstić information content (AvgIpc) is 2.95. The summed E-state index contributed by atoms with van der Waals surface area (Å²) in [5.74, 6) is -1.94. The number of nitro benzene ring substituents is 2. The maximum absolute atomic E-state index is 12.4. The van der Waals surface area contributed by atoms with Crippen LogP contribution in [0.15, 0.2) is 12.1 Å². The van der Waals surface area contributed by atoms with Crippen LogP contribution in [0.2, 0.25) is 0 Å². The summed E-state index contributed by atoms with van der Waals surface area (Å²) in [4.78, 5) is 45.1. The molecule has 1 heterocycles. The Bertz CT molecular complexity index is 681. The number of hydrogen-bond donors (Lipinski definition) is 1. The fraction of sp³-hybridized carbons (Fsp3) is 0.385. The van der Waals surface area contributed by atoms with Crippen molar-refractivity contribution in [1.29, 1.82) is 0 Å². The predicted molar refractivity (Wildman–Crippen MR) is 76.2 cm³/mol. The zero-order valence-electron chi connectivity index (χ0n) is 12.1. The fourth-order valence-electron chi connectivity index (χ4n) is 2.62. The van der Waals surface area contributed by atoms with Crippen LogP contribution >= 0.6 is 0 Å². The standard InChI is InChI=1S/C13H13N3O7/c1-7-10(15(20)21)5-8(6-11(7)16(22)23)12(17)14-4-2-3-9(14)13(18)19/h5-6,9H,2-4H2,1H3,(H,18,19). The van der Waals surface area contributed by atoms with Crippen LogP contribution in [0, 0.1) is 27.2 Å². The molecule has 0 aliphatic carbocycles. The molecule has 0 bridgehead atoms. The summed E-state index contributed by atoms with van der Waals surface area (Å²) >= 11 is 0. The molecular formula is C13H13N3O7. The van der Waals surface area contributed by atoms with Crippen molar-refractivity contribution >= 4 is 23.3 Å². The molecule has 1 aliphatic heterocycles. The normalized spacial score (nSPS) is 17.1. The molecule has 0 aromatic heterocycles. The summed E-state index contributed by atoms with van der Waals surface area (Å²) < 4.78 is 0. The molecule has 1 saturated heterocycles. The quantitative estimate of drug-likeness (QED) is 0.653. The first kappa shape index (κ1) is 16.3. The second-order valence-corrected chi connectivity index (χ2v) is 5.15. The van der Waals surface area contributed by atoms with Gasteiger partial charge < -0.3 is 10.0 Å². The molecule has 1 atom stereocenters. The van der Waals surface area contributed by atoms with Crippen molar-refractivity contribution in [2.45, 2.75) is 25.8 Å².